The molecule has 0 radical (unpaired) electrons. The molecule has 128 valence electrons. The maximum atomic E-state index is 12.5. The second-order valence-electron chi connectivity index (χ2n) is 5.61. The van der Waals surface area contributed by atoms with E-state index in [1.807, 2.05) is 43.0 Å². The molecule has 2 aromatic rings. The zero-order valence-corrected chi connectivity index (χ0v) is 14.9. The Labute approximate surface area is 150 Å². The SMILES string of the molecule is CCN(CC)c1ccc(C=C2Sc3ccccc3C2=O)cc1[N+](=O)[O-]. The van der Waals surface area contributed by atoms with E-state index < -0.39 is 0 Å². The lowest BCUT2D eigenvalue weighted by Gasteiger charge is -2.20. The number of rotatable bonds is 5. The molecule has 25 heavy (non-hydrogen) atoms. The van der Waals surface area contributed by atoms with Crippen LogP contribution < -0.4 is 4.90 Å². The standard InChI is InChI=1S/C19H18N2O3S/c1-3-20(4-2)15-10-9-13(11-16(15)21(23)24)12-18-19(22)14-7-5-6-8-17(14)25-18/h5-12H,3-4H2,1-2H3. The number of Topliss-reactive ketones (excluding diaryl/α,β-unsaturated/α-hetero) is 1. The summed E-state index contributed by atoms with van der Waals surface area (Å²) in [7, 11) is 0. The van der Waals surface area contributed by atoms with Gasteiger partial charge in [0.1, 0.15) is 5.69 Å². The van der Waals surface area contributed by atoms with Gasteiger partial charge in [0.25, 0.3) is 5.69 Å². The first-order chi connectivity index (χ1) is 12.0. The molecule has 0 spiro atoms. The minimum Gasteiger partial charge on any atom is -0.367 e. The van der Waals surface area contributed by atoms with E-state index >= 15 is 0 Å². The number of anilines is 1. The fourth-order valence-corrected chi connectivity index (χ4v) is 3.95. The average molecular weight is 354 g/mol. The summed E-state index contributed by atoms with van der Waals surface area (Å²) < 4.78 is 0. The second kappa shape index (κ2) is 7.11. The number of thioether (sulfide) groups is 1. The Hall–Kier alpha value is -2.60. The Morgan fingerprint density at radius 3 is 2.52 bits per heavy atom. The largest absolute Gasteiger partial charge is 0.367 e. The Bertz CT molecular complexity index is 873. The van der Waals surface area contributed by atoms with E-state index in [0.29, 0.717) is 34.8 Å². The summed E-state index contributed by atoms with van der Waals surface area (Å²) in [6, 6.07) is 12.6. The van der Waals surface area contributed by atoms with Crippen LogP contribution in [0.3, 0.4) is 0 Å². The summed E-state index contributed by atoms with van der Waals surface area (Å²) in [6.45, 7) is 5.32. The third-order valence-electron chi connectivity index (χ3n) is 4.17. The van der Waals surface area contributed by atoms with Crippen molar-refractivity contribution in [3.05, 3.63) is 68.6 Å². The number of nitro benzene ring substituents is 1. The van der Waals surface area contributed by atoms with Crippen molar-refractivity contribution in [1.82, 2.24) is 0 Å². The minimum atomic E-state index is -0.367. The van der Waals surface area contributed by atoms with Gasteiger partial charge in [0.2, 0.25) is 5.78 Å². The normalized spacial score (nSPS) is 14.6. The summed E-state index contributed by atoms with van der Waals surface area (Å²) in [6.07, 6.45) is 1.73. The van der Waals surface area contributed by atoms with Crippen molar-refractivity contribution in [2.24, 2.45) is 0 Å². The molecule has 0 saturated carbocycles. The molecule has 6 heteroatoms. The number of allylic oxidation sites excluding steroid dienone is 1. The van der Waals surface area contributed by atoms with Gasteiger partial charge in [-0.05, 0) is 43.7 Å². The van der Waals surface area contributed by atoms with Crippen LogP contribution in [-0.4, -0.2) is 23.8 Å². The molecule has 0 saturated heterocycles. The Kier molecular flexibility index (Phi) is 4.90. The highest BCUT2D eigenvalue weighted by atomic mass is 32.2. The zero-order valence-electron chi connectivity index (χ0n) is 14.1. The Morgan fingerprint density at radius 2 is 1.88 bits per heavy atom. The van der Waals surface area contributed by atoms with Crippen molar-refractivity contribution in [3.63, 3.8) is 0 Å². The Balaban J connectivity index is 1.98. The molecule has 3 rings (SSSR count). The molecule has 0 amide bonds. The first kappa shape index (κ1) is 17.2. The molecule has 0 aliphatic carbocycles. The van der Waals surface area contributed by atoms with Gasteiger partial charge in [0.05, 0.1) is 9.83 Å². The molecular formula is C19H18N2O3S. The number of nitro groups is 1. The van der Waals surface area contributed by atoms with Crippen LogP contribution in [0.15, 0.2) is 52.3 Å². The lowest BCUT2D eigenvalue weighted by atomic mass is 10.1. The molecule has 1 aliphatic heterocycles. The molecule has 0 atom stereocenters. The third kappa shape index (κ3) is 3.30. The van der Waals surface area contributed by atoms with Crippen molar-refractivity contribution in [2.45, 2.75) is 18.7 Å². The van der Waals surface area contributed by atoms with E-state index in [1.165, 1.54) is 17.8 Å². The van der Waals surface area contributed by atoms with Crippen LogP contribution in [0.4, 0.5) is 11.4 Å². The third-order valence-corrected chi connectivity index (χ3v) is 5.27. The first-order valence-corrected chi connectivity index (χ1v) is 8.93. The summed E-state index contributed by atoms with van der Waals surface area (Å²) in [5.74, 6) is -0.0314. The smallest absolute Gasteiger partial charge is 0.293 e. The van der Waals surface area contributed by atoms with E-state index in [2.05, 4.69) is 0 Å². The highest BCUT2D eigenvalue weighted by Crippen LogP contribution is 2.41. The lowest BCUT2D eigenvalue weighted by molar-refractivity contribution is -0.384. The van der Waals surface area contributed by atoms with Gasteiger partial charge >= 0.3 is 0 Å². The van der Waals surface area contributed by atoms with Gasteiger partial charge in [0.15, 0.2) is 0 Å². The fraction of sp³-hybridized carbons (Fsp3) is 0.211. The second-order valence-corrected chi connectivity index (χ2v) is 6.70. The maximum Gasteiger partial charge on any atom is 0.293 e. The number of hydrogen-bond acceptors (Lipinski definition) is 5. The van der Waals surface area contributed by atoms with Crippen LogP contribution in [0.5, 0.6) is 0 Å². The van der Waals surface area contributed by atoms with Crippen molar-refractivity contribution in [2.75, 3.05) is 18.0 Å². The molecule has 0 N–H and O–H groups in total. The quantitative estimate of drug-likeness (QED) is 0.440. The Morgan fingerprint density at radius 1 is 1.16 bits per heavy atom. The number of nitrogens with zero attached hydrogens (tertiary/aromatic N) is 2. The van der Waals surface area contributed by atoms with Gasteiger partial charge in [-0.2, -0.15) is 0 Å². The monoisotopic (exact) mass is 354 g/mol. The topological polar surface area (TPSA) is 63.5 Å². The van der Waals surface area contributed by atoms with Crippen LogP contribution in [0.25, 0.3) is 6.08 Å². The number of carbonyl (C=O) groups is 1. The van der Waals surface area contributed by atoms with Crippen LogP contribution in [0, 0.1) is 10.1 Å². The van der Waals surface area contributed by atoms with Crippen molar-refractivity contribution in [1.29, 1.82) is 0 Å². The molecule has 0 bridgehead atoms. The van der Waals surface area contributed by atoms with Crippen molar-refractivity contribution in [3.8, 4) is 0 Å². The predicted octanol–water partition coefficient (Wildman–Crippen LogP) is 4.77. The number of benzene rings is 2. The lowest BCUT2D eigenvalue weighted by Crippen LogP contribution is -2.22. The van der Waals surface area contributed by atoms with Gasteiger partial charge in [-0.15, -0.1) is 0 Å². The van der Waals surface area contributed by atoms with Crippen LogP contribution >= 0.6 is 11.8 Å². The molecule has 2 aromatic carbocycles. The van der Waals surface area contributed by atoms with Crippen molar-refractivity contribution >= 4 is 35.0 Å². The van der Waals surface area contributed by atoms with E-state index in [1.54, 1.807) is 18.2 Å². The van der Waals surface area contributed by atoms with Gasteiger partial charge in [-0.3, -0.25) is 14.9 Å². The van der Waals surface area contributed by atoms with Crippen molar-refractivity contribution < 1.29 is 9.72 Å². The minimum absolute atomic E-state index is 0.0314. The van der Waals surface area contributed by atoms with Gasteiger partial charge in [-0.1, -0.05) is 30.0 Å². The number of hydrogen-bond donors (Lipinski definition) is 0. The van der Waals surface area contributed by atoms with Gasteiger partial charge < -0.3 is 4.90 Å². The highest BCUT2D eigenvalue weighted by Gasteiger charge is 2.25. The molecule has 1 aliphatic rings. The number of fused-ring (bicyclic) bond motifs is 1. The summed E-state index contributed by atoms with van der Waals surface area (Å²) in [5, 5.41) is 11.5. The average Bonchev–Trinajstić information content (AvgIpc) is 2.93. The number of carbonyl (C=O) groups excluding carboxylic acids is 1. The van der Waals surface area contributed by atoms with E-state index in [0.717, 1.165) is 4.90 Å². The first-order valence-electron chi connectivity index (χ1n) is 8.11. The summed E-state index contributed by atoms with van der Waals surface area (Å²) in [5.41, 5.74) is 2.01. The molecule has 0 aromatic heterocycles. The van der Waals surface area contributed by atoms with Crippen LogP contribution in [0.2, 0.25) is 0 Å². The van der Waals surface area contributed by atoms with E-state index in [9.17, 15) is 14.9 Å². The molecular weight excluding hydrogens is 336 g/mol. The highest BCUT2D eigenvalue weighted by molar-refractivity contribution is 8.04. The maximum absolute atomic E-state index is 12.5. The van der Waals surface area contributed by atoms with E-state index in [-0.39, 0.29) is 16.4 Å². The summed E-state index contributed by atoms with van der Waals surface area (Å²) in [4.78, 5) is 27.0. The number of ketones is 1. The van der Waals surface area contributed by atoms with Gasteiger partial charge in [-0.25, -0.2) is 0 Å². The van der Waals surface area contributed by atoms with Gasteiger partial charge in [0, 0.05) is 29.6 Å². The molecule has 0 fully saturated rings. The molecule has 5 nitrogen and oxygen atoms in total. The van der Waals surface area contributed by atoms with E-state index in [4.69, 9.17) is 0 Å². The fourth-order valence-electron chi connectivity index (χ4n) is 2.90. The summed E-state index contributed by atoms with van der Waals surface area (Å²) >= 11 is 1.40. The molecule has 0 unspecified atom stereocenters. The molecule has 1 heterocycles. The predicted molar refractivity (Wildman–Crippen MR) is 101 cm³/mol. The van der Waals surface area contributed by atoms with Crippen LogP contribution in [-0.2, 0) is 0 Å². The van der Waals surface area contributed by atoms with Crippen LogP contribution in [0.1, 0.15) is 29.8 Å². The zero-order chi connectivity index (χ0) is 18.0.